The molecule has 0 fully saturated rings. The Labute approximate surface area is 127 Å². The van der Waals surface area contributed by atoms with Crippen molar-refractivity contribution in [2.45, 2.75) is 0 Å². The molecule has 2 N–H and O–H groups in total. The first-order chi connectivity index (χ1) is 10.0. The van der Waals surface area contributed by atoms with E-state index in [4.69, 9.17) is 21.1 Å². The molecule has 0 aliphatic rings. The minimum atomic E-state index is -0.339. The van der Waals surface area contributed by atoms with Crippen molar-refractivity contribution in [2.75, 3.05) is 19.5 Å². The van der Waals surface area contributed by atoms with Gasteiger partial charge in [0.1, 0.15) is 17.2 Å². The lowest BCUT2D eigenvalue weighted by Gasteiger charge is -2.09. The fraction of sp³-hybridized carbons (Fsp3) is 0.133. The zero-order valence-electron chi connectivity index (χ0n) is 11.5. The van der Waals surface area contributed by atoms with Gasteiger partial charge in [0, 0.05) is 17.3 Å². The first-order valence-corrected chi connectivity index (χ1v) is 6.44. The number of anilines is 1. The number of phenolic OH excluding ortho intramolecular Hbond substituents is 1. The third kappa shape index (κ3) is 3.58. The SMILES string of the molecule is COc1cc(OC)cc(C(=O)Nc2ccc(O)c(Cl)c2)c1. The van der Waals surface area contributed by atoms with Crippen molar-refractivity contribution in [3.05, 3.63) is 47.0 Å². The average molecular weight is 308 g/mol. The molecule has 0 aliphatic carbocycles. The van der Waals surface area contributed by atoms with E-state index in [0.717, 1.165) is 0 Å². The highest BCUT2D eigenvalue weighted by Gasteiger charge is 2.11. The van der Waals surface area contributed by atoms with Crippen LogP contribution in [0.25, 0.3) is 0 Å². The fourth-order valence-corrected chi connectivity index (χ4v) is 1.91. The Morgan fingerprint density at radius 2 is 1.71 bits per heavy atom. The number of benzene rings is 2. The van der Waals surface area contributed by atoms with Crippen molar-refractivity contribution in [3.63, 3.8) is 0 Å². The average Bonchev–Trinajstić information content (AvgIpc) is 2.50. The van der Waals surface area contributed by atoms with Crippen molar-refractivity contribution in [1.29, 1.82) is 0 Å². The van der Waals surface area contributed by atoms with Crippen LogP contribution in [0, 0.1) is 0 Å². The number of nitrogens with one attached hydrogen (secondary N) is 1. The van der Waals surface area contributed by atoms with Gasteiger partial charge in [-0.25, -0.2) is 0 Å². The zero-order chi connectivity index (χ0) is 15.4. The number of hydrogen-bond donors (Lipinski definition) is 2. The molecule has 0 heterocycles. The lowest BCUT2D eigenvalue weighted by molar-refractivity contribution is 0.102. The van der Waals surface area contributed by atoms with E-state index >= 15 is 0 Å². The van der Waals surface area contributed by atoms with Gasteiger partial charge < -0.3 is 19.9 Å². The first kappa shape index (κ1) is 15.0. The Morgan fingerprint density at radius 1 is 1.10 bits per heavy atom. The Morgan fingerprint density at radius 3 is 2.24 bits per heavy atom. The van der Waals surface area contributed by atoms with Crippen molar-refractivity contribution in [3.8, 4) is 17.2 Å². The van der Waals surface area contributed by atoms with Gasteiger partial charge in [-0.2, -0.15) is 0 Å². The Kier molecular flexibility index (Phi) is 4.55. The van der Waals surface area contributed by atoms with E-state index < -0.39 is 0 Å². The number of ether oxygens (including phenoxy) is 2. The largest absolute Gasteiger partial charge is 0.506 e. The molecule has 0 atom stereocenters. The van der Waals surface area contributed by atoms with Crippen LogP contribution in [0.15, 0.2) is 36.4 Å². The maximum absolute atomic E-state index is 12.2. The second-order valence-electron chi connectivity index (χ2n) is 4.22. The predicted molar refractivity (Wildman–Crippen MR) is 80.6 cm³/mol. The summed E-state index contributed by atoms with van der Waals surface area (Å²) in [6.45, 7) is 0. The van der Waals surface area contributed by atoms with Crippen LogP contribution < -0.4 is 14.8 Å². The summed E-state index contributed by atoms with van der Waals surface area (Å²) < 4.78 is 10.2. The van der Waals surface area contributed by atoms with E-state index in [2.05, 4.69) is 5.32 Å². The minimum absolute atomic E-state index is 0.0438. The molecule has 0 saturated heterocycles. The molecule has 0 radical (unpaired) electrons. The molecule has 1 amide bonds. The molecule has 0 saturated carbocycles. The predicted octanol–water partition coefficient (Wildman–Crippen LogP) is 3.32. The number of rotatable bonds is 4. The molecular formula is C15H14ClNO4. The quantitative estimate of drug-likeness (QED) is 0.850. The summed E-state index contributed by atoms with van der Waals surface area (Å²) in [6.07, 6.45) is 0. The highest BCUT2D eigenvalue weighted by Crippen LogP contribution is 2.27. The molecule has 0 aromatic heterocycles. The summed E-state index contributed by atoms with van der Waals surface area (Å²) in [6, 6.07) is 9.29. The maximum Gasteiger partial charge on any atom is 0.255 e. The van der Waals surface area contributed by atoms with E-state index in [1.807, 2.05) is 0 Å². The number of hydrogen-bond acceptors (Lipinski definition) is 4. The summed E-state index contributed by atoms with van der Waals surface area (Å²) in [5.41, 5.74) is 0.861. The molecule has 5 nitrogen and oxygen atoms in total. The van der Waals surface area contributed by atoms with Gasteiger partial charge in [-0.3, -0.25) is 4.79 Å². The monoisotopic (exact) mass is 307 g/mol. The van der Waals surface area contributed by atoms with E-state index in [9.17, 15) is 9.90 Å². The number of aromatic hydroxyl groups is 1. The first-order valence-electron chi connectivity index (χ1n) is 6.06. The van der Waals surface area contributed by atoms with E-state index in [1.54, 1.807) is 24.3 Å². The fourth-order valence-electron chi connectivity index (χ4n) is 1.73. The van der Waals surface area contributed by atoms with Gasteiger partial charge in [-0.1, -0.05) is 11.6 Å². The number of methoxy groups -OCH3 is 2. The van der Waals surface area contributed by atoms with Gasteiger partial charge in [-0.05, 0) is 30.3 Å². The molecule has 2 aromatic rings. The van der Waals surface area contributed by atoms with Crippen molar-refractivity contribution < 1.29 is 19.4 Å². The minimum Gasteiger partial charge on any atom is -0.506 e. The smallest absolute Gasteiger partial charge is 0.255 e. The third-order valence-electron chi connectivity index (χ3n) is 2.82. The van der Waals surface area contributed by atoms with Gasteiger partial charge in [0.05, 0.1) is 19.2 Å². The van der Waals surface area contributed by atoms with Gasteiger partial charge >= 0.3 is 0 Å². The zero-order valence-corrected chi connectivity index (χ0v) is 12.3. The lowest BCUT2D eigenvalue weighted by Crippen LogP contribution is -2.12. The summed E-state index contributed by atoms with van der Waals surface area (Å²) in [4.78, 5) is 12.2. The van der Waals surface area contributed by atoms with E-state index in [0.29, 0.717) is 22.7 Å². The molecule has 0 spiro atoms. The molecule has 2 aromatic carbocycles. The Bertz CT molecular complexity index is 650. The second-order valence-corrected chi connectivity index (χ2v) is 4.63. The molecule has 0 bridgehead atoms. The molecular weight excluding hydrogens is 294 g/mol. The van der Waals surface area contributed by atoms with Crippen LogP contribution in [0.5, 0.6) is 17.2 Å². The number of carbonyl (C=O) groups excluding carboxylic acids is 1. The number of carbonyl (C=O) groups is 1. The van der Waals surface area contributed by atoms with Crippen molar-refractivity contribution in [2.24, 2.45) is 0 Å². The van der Waals surface area contributed by atoms with E-state index in [1.165, 1.54) is 26.4 Å². The van der Waals surface area contributed by atoms with E-state index in [-0.39, 0.29) is 16.7 Å². The van der Waals surface area contributed by atoms with Gasteiger partial charge in [0.2, 0.25) is 0 Å². The van der Waals surface area contributed by atoms with Crippen LogP contribution >= 0.6 is 11.6 Å². The number of amides is 1. The molecule has 2 rings (SSSR count). The van der Waals surface area contributed by atoms with Crippen molar-refractivity contribution >= 4 is 23.2 Å². The van der Waals surface area contributed by atoms with Gasteiger partial charge in [-0.15, -0.1) is 0 Å². The molecule has 0 aliphatic heterocycles. The van der Waals surface area contributed by atoms with Crippen LogP contribution in [0.3, 0.4) is 0 Å². The Hall–Kier alpha value is -2.40. The standard InChI is InChI=1S/C15H14ClNO4/c1-20-11-5-9(6-12(8-11)21-2)15(19)17-10-3-4-14(18)13(16)7-10/h3-8,18H,1-2H3,(H,17,19). The van der Waals surface area contributed by atoms with Crippen LogP contribution in [0.2, 0.25) is 5.02 Å². The maximum atomic E-state index is 12.2. The highest BCUT2D eigenvalue weighted by atomic mass is 35.5. The van der Waals surface area contributed by atoms with Crippen LogP contribution in [-0.2, 0) is 0 Å². The summed E-state index contributed by atoms with van der Waals surface area (Å²) >= 11 is 5.80. The summed E-state index contributed by atoms with van der Waals surface area (Å²) in [5, 5.41) is 12.2. The Balaban J connectivity index is 2.25. The highest BCUT2D eigenvalue weighted by molar-refractivity contribution is 6.32. The number of phenols is 1. The molecule has 6 heteroatoms. The number of halogens is 1. The normalized spacial score (nSPS) is 10.0. The summed E-state index contributed by atoms with van der Waals surface area (Å²) in [5.74, 6) is 0.651. The van der Waals surface area contributed by atoms with Gasteiger partial charge in [0.15, 0.2) is 0 Å². The summed E-state index contributed by atoms with van der Waals surface area (Å²) in [7, 11) is 3.02. The van der Waals surface area contributed by atoms with Crippen LogP contribution in [0.4, 0.5) is 5.69 Å². The molecule has 21 heavy (non-hydrogen) atoms. The van der Waals surface area contributed by atoms with Crippen LogP contribution in [0.1, 0.15) is 10.4 Å². The topological polar surface area (TPSA) is 67.8 Å². The van der Waals surface area contributed by atoms with Gasteiger partial charge in [0.25, 0.3) is 5.91 Å². The third-order valence-corrected chi connectivity index (χ3v) is 3.12. The molecule has 0 unspecified atom stereocenters. The molecule has 110 valence electrons. The second kappa shape index (κ2) is 6.37. The van der Waals surface area contributed by atoms with Crippen LogP contribution in [-0.4, -0.2) is 25.2 Å². The lowest BCUT2D eigenvalue weighted by atomic mass is 10.1. The van der Waals surface area contributed by atoms with Crippen molar-refractivity contribution in [1.82, 2.24) is 0 Å².